The number of nitrogens with zero attached hydrogens (tertiary/aromatic N) is 4. The van der Waals surface area contributed by atoms with Gasteiger partial charge in [0.1, 0.15) is 5.75 Å². The molecule has 1 saturated heterocycles. The van der Waals surface area contributed by atoms with Crippen LogP contribution >= 0.6 is 0 Å². The van der Waals surface area contributed by atoms with E-state index in [1.165, 1.54) is 11.9 Å². The highest BCUT2D eigenvalue weighted by Crippen LogP contribution is 2.20. The number of rotatable bonds is 4. The summed E-state index contributed by atoms with van der Waals surface area (Å²) in [5.74, 6) is 0.878. The summed E-state index contributed by atoms with van der Waals surface area (Å²) < 4.78 is 7.14. The molecule has 0 unspecified atom stereocenters. The lowest BCUT2D eigenvalue weighted by atomic mass is 10.2. The van der Waals surface area contributed by atoms with Gasteiger partial charge in [0, 0.05) is 37.3 Å². The lowest BCUT2D eigenvalue weighted by molar-refractivity contribution is 0.198. The van der Waals surface area contributed by atoms with Crippen molar-refractivity contribution in [2.75, 3.05) is 38.2 Å². The van der Waals surface area contributed by atoms with E-state index < -0.39 is 0 Å². The fourth-order valence-corrected chi connectivity index (χ4v) is 3.40. The van der Waals surface area contributed by atoms with Crippen LogP contribution in [0.15, 0.2) is 59.5 Å². The summed E-state index contributed by atoms with van der Waals surface area (Å²) in [6.45, 7) is 4.52. The van der Waals surface area contributed by atoms with Crippen molar-refractivity contribution < 1.29 is 4.74 Å². The molecule has 0 saturated carbocycles. The number of anilines is 1. The Balaban J connectivity index is 1.44. The zero-order valence-electron chi connectivity index (χ0n) is 14.8. The predicted octanol–water partition coefficient (Wildman–Crippen LogP) is 2.18. The van der Waals surface area contributed by atoms with Crippen molar-refractivity contribution in [2.24, 2.45) is 0 Å². The van der Waals surface area contributed by atoms with Gasteiger partial charge < -0.3 is 9.64 Å². The summed E-state index contributed by atoms with van der Waals surface area (Å²) in [7, 11) is 1.68. The second-order valence-electron chi connectivity index (χ2n) is 6.47. The molecule has 0 radical (unpaired) electrons. The highest BCUT2D eigenvalue weighted by molar-refractivity contribution is 5.77. The number of aromatic nitrogens is 2. The van der Waals surface area contributed by atoms with Gasteiger partial charge in [-0.3, -0.25) is 14.4 Å². The molecule has 0 spiro atoms. The van der Waals surface area contributed by atoms with E-state index in [1.54, 1.807) is 7.11 Å². The lowest BCUT2D eigenvalue weighted by Gasteiger charge is -2.36. The molecule has 4 rings (SSSR count). The first-order valence-corrected chi connectivity index (χ1v) is 8.81. The fourth-order valence-electron chi connectivity index (χ4n) is 3.40. The number of ether oxygens (including phenoxy) is 1. The number of benzene rings is 2. The molecule has 6 heteroatoms. The monoisotopic (exact) mass is 350 g/mol. The minimum Gasteiger partial charge on any atom is -0.497 e. The molecule has 1 aromatic heterocycles. The molecule has 26 heavy (non-hydrogen) atoms. The fraction of sp³-hybridized carbons (Fsp3) is 0.300. The van der Waals surface area contributed by atoms with Gasteiger partial charge in [-0.1, -0.05) is 12.1 Å². The molecule has 1 aliphatic heterocycles. The zero-order valence-corrected chi connectivity index (χ0v) is 14.8. The molecule has 0 atom stereocenters. The van der Waals surface area contributed by atoms with Gasteiger partial charge in [0.05, 0.1) is 25.5 Å². The average Bonchev–Trinajstić information content (AvgIpc) is 2.71. The summed E-state index contributed by atoms with van der Waals surface area (Å²) >= 11 is 0. The quantitative estimate of drug-likeness (QED) is 0.722. The second-order valence-corrected chi connectivity index (χ2v) is 6.47. The van der Waals surface area contributed by atoms with Crippen LogP contribution in [0, 0.1) is 0 Å². The van der Waals surface area contributed by atoms with Gasteiger partial charge in [-0.25, -0.2) is 0 Å². The molecule has 134 valence electrons. The Morgan fingerprint density at radius 3 is 2.46 bits per heavy atom. The van der Waals surface area contributed by atoms with Crippen molar-refractivity contribution >= 4 is 16.6 Å². The third kappa shape index (κ3) is 3.28. The third-order valence-corrected chi connectivity index (χ3v) is 4.91. The van der Waals surface area contributed by atoms with Crippen molar-refractivity contribution in [2.45, 2.75) is 6.67 Å². The molecule has 2 aromatic carbocycles. The van der Waals surface area contributed by atoms with Crippen LogP contribution in [0.5, 0.6) is 5.75 Å². The number of piperazine rings is 1. The number of hydrogen-bond donors (Lipinski definition) is 0. The molecule has 2 heterocycles. The van der Waals surface area contributed by atoms with E-state index in [-0.39, 0.29) is 5.43 Å². The van der Waals surface area contributed by atoms with Crippen LogP contribution < -0.4 is 15.1 Å². The Labute approximate surface area is 152 Å². The van der Waals surface area contributed by atoms with E-state index in [1.807, 2.05) is 41.1 Å². The Hall–Kier alpha value is -2.86. The molecule has 1 fully saturated rings. The zero-order chi connectivity index (χ0) is 17.9. The summed E-state index contributed by atoms with van der Waals surface area (Å²) in [4.78, 5) is 16.7. The van der Waals surface area contributed by atoms with Gasteiger partial charge in [0.25, 0.3) is 0 Å². The summed E-state index contributed by atoms with van der Waals surface area (Å²) in [5.41, 5.74) is 2.08. The maximum absolute atomic E-state index is 12.0. The van der Waals surface area contributed by atoms with Gasteiger partial charge in [-0.2, -0.15) is 5.10 Å². The standard InChI is InChI=1S/C20H22N4O2/c1-26-17-8-6-16(7-9-17)23-12-10-22(11-13-23)15-24-19-5-3-2-4-18(19)20(25)14-21-24/h2-9,14H,10-13,15H2,1H3. The molecule has 1 aliphatic rings. The van der Waals surface area contributed by atoms with E-state index in [4.69, 9.17) is 4.74 Å². The highest BCUT2D eigenvalue weighted by Gasteiger charge is 2.18. The maximum atomic E-state index is 12.0. The van der Waals surface area contributed by atoms with E-state index >= 15 is 0 Å². The molecule has 0 N–H and O–H groups in total. The molecular formula is C20H22N4O2. The van der Waals surface area contributed by atoms with Crippen LogP contribution in [0.1, 0.15) is 0 Å². The number of para-hydroxylation sites is 1. The van der Waals surface area contributed by atoms with E-state index in [9.17, 15) is 4.79 Å². The van der Waals surface area contributed by atoms with Gasteiger partial charge in [0.2, 0.25) is 5.43 Å². The number of methoxy groups -OCH3 is 1. The Kier molecular flexibility index (Phi) is 4.58. The predicted molar refractivity (Wildman–Crippen MR) is 103 cm³/mol. The van der Waals surface area contributed by atoms with Crippen molar-refractivity contribution in [3.8, 4) is 5.75 Å². The highest BCUT2D eigenvalue weighted by atomic mass is 16.5. The molecule has 3 aromatic rings. The smallest absolute Gasteiger partial charge is 0.207 e. The molecule has 6 nitrogen and oxygen atoms in total. The first-order chi connectivity index (χ1) is 12.7. The van der Waals surface area contributed by atoms with Gasteiger partial charge in [-0.05, 0) is 36.4 Å². The topological polar surface area (TPSA) is 50.6 Å². The van der Waals surface area contributed by atoms with Crippen molar-refractivity contribution in [1.82, 2.24) is 14.7 Å². The van der Waals surface area contributed by atoms with E-state index in [0.29, 0.717) is 6.67 Å². The summed E-state index contributed by atoms with van der Waals surface area (Å²) in [6, 6.07) is 15.9. The first kappa shape index (κ1) is 16.6. The minimum atomic E-state index is -0.0267. The first-order valence-electron chi connectivity index (χ1n) is 8.81. The van der Waals surface area contributed by atoms with Gasteiger partial charge in [-0.15, -0.1) is 0 Å². The van der Waals surface area contributed by atoms with Crippen LogP contribution in [0.25, 0.3) is 10.9 Å². The van der Waals surface area contributed by atoms with Crippen LogP contribution in [0.3, 0.4) is 0 Å². The lowest BCUT2D eigenvalue weighted by Crippen LogP contribution is -2.47. The molecule has 0 amide bonds. The van der Waals surface area contributed by atoms with Gasteiger partial charge in [0.15, 0.2) is 0 Å². The average molecular weight is 350 g/mol. The Morgan fingerprint density at radius 1 is 1.00 bits per heavy atom. The Bertz CT molecular complexity index is 944. The van der Waals surface area contributed by atoms with Crippen molar-refractivity contribution in [3.05, 3.63) is 65.0 Å². The van der Waals surface area contributed by atoms with Crippen LogP contribution in [-0.2, 0) is 6.67 Å². The number of fused-ring (bicyclic) bond motifs is 1. The molecule has 0 aliphatic carbocycles. The number of hydrogen-bond acceptors (Lipinski definition) is 5. The summed E-state index contributed by atoms with van der Waals surface area (Å²) in [6.07, 6.45) is 1.41. The van der Waals surface area contributed by atoms with Crippen LogP contribution in [-0.4, -0.2) is 48.0 Å². The second kappa shape index (κ2) is 7.17. The van der Waals surface area contributed by atoms with Gasteiger partial charge >= 0.3 is 0 Å². The van der Waals surface area contributed by atoms with E-state index in [2.05, 4.69) is 27.0 Å². The summed E-state index contributed by atoms with van der Waals surface area (Å²) in [5, 5.41) is 5.05. The minimum absolute atomic E-state index is 0.0267. The van der Waals surface area contributed by atoms with Crippen LogP contribution in [0.4, 0.5) is 5.69 Å². The Morgan fingerprint density at radius 2 is 1.73 bits per heavy atom. The third-order valence-electron chi connectivity index (χ3n) is 4.91. The molecule has 0 bridgehead atoms. The van der Waals surface area contributed by atoms with E-state index in [0.717, 1.165) is 42.8 Å². The SMILES string of the molecule is COc1ccc(N2CCN(Cn3ncc(=O)c4ccccc43)CC2)cc1. The van der Waals surface area contributed by atoms with Crippen molar-refractivity contribution in [3.63, 3.8) is 0 Å². The normalized spacial score (nSPS) is 15.3. The largest absolute Gasteiger partial charge is 0.497 e. The van der Waals surface area contributed by atoms with Crippen LogP contribution in [0.2, 0.25) is 0 Å². The van der Waals surface area contributed by atoms with Crippen molar-refractivity contribution in [1.29, 1.82) is 0 Å². The molecular weight excluding hydrogens is 328 g/mol. The maximum Gasteiger partial charge on any atom is 0.207 e.